The van der Waals surface area contributed by atoms with Gasteiger partial charge in [-0.05, 0) is 51.5 Å². The minimum Gasteiger partial charge on any atom is -0.508 e. The van der Waals surface area contributed by atoms with E-state index in [-0.39, 0.29) is 17.9 Å². The van der Waals surface area contributed by atoms with Gasteiger partial charge in [0.1, 0.15) is 11.4 Å². The molecule has 24 heavy (non-hydrogen) atoms. The van der Waals surface area contributed by atoms with Gasteiger partial charge in [-0.15, -0.1) is 0 Å². The molecule has 1 aromatic heterocycles. The lowest BCUT2D eigenvalue weighted by atomic mass is 10.2. The Morgan fingerprint density at radius 2 is 2.17 bits per heavy atom. The Kier molecular flexibility index (Phi) is 4.22. The molecule has 0 saturated carbocycles. The van der Waals surface area contributed by atoms with Crippen molar-refractivity contribution < 1.29 is 14.6 Å². The van der Waals surface area contributed by atoms with Gasteiger partial charge in [-0.2, -0.15) is 0 Å². The number of aromatic hydroxyl groups is 1. The van der Waals surface area contributed by atoms with E-state index < -0.39 is 5.60 Å². The van der Waals surface area contributed by atoms with Crippen molar-refractivity contribution in [3.63, 3.8) is 0 Å². The minimum atomic E-state index is -0.493. The number of aromatic nitrogens is 1. The van der Waals surface area contributed by atoms with Crippen molar-refractivity contribution in [3.05, 3.63) is 30.5 Å². The number of pyridine rings is 1. The first-order chi connectivity index (χ1) is 11.3. The van der Waals surface area contributed by atoms with Crippen LogP contribution in [0.4, 0.5) is 10.5 Å². The number of anilines is 1. The molecule has 1 aliphatic rings. The van der Waals surface area contributed by atoms with E-state index in [0.29, 0.717) is 6.54 Å². The molecule has 2 N–H and O–H groups in total. The number of alkyl carbamates (subject to hydrolysis) is 1. The summed E-state index contributed by atoms with van der Waals surface area (Å²) in [7, 11) is 0. The zero-order valence-corrected chi connectivity index (χ0v) is 14.2. The van der Waals surface area contributed by atoms with Gasteiger partial charge in [0, 0.05) is 18.5 Å². The molecule has 1 saturated heterocycles. The van der Waals surface area contributed by atoms with Crippen molar-refractivity contribution in [3.8, 4) is 5.75 Å². The number of phenolic OH excluding ortho intramolecular Hbond substituents is 1. The van der Waals surface area contributed by atoms with Crippen LogP contribution in [0.1, 0.15) is 27.2 Å². The molecular weight excluding hydrogens is 306 g/mol. The smallest absolute Gasteiger partial charge is 0.407 e. The highest BCUT2D eigenvalue weighted by atomic mass is 16.6. The highest BCUT2D eigenvalue weighted by Gasteiger charge is 2.26. The van der Waals surface area contributed by atoms with Crippen LogP contribution in [0.2, 0.25) is 0 Å². The van der Waals surface area contributed by atoms with E-state index in [1.165, 1.54) is 0 Å². The van der Waals surface area contributed by atoms with Crippen LogP contribution in [0.25, 0.3) is 10.9 Å². The number of phenols is 1. The molecule has 1 fully saturated rings. The van der Waals surface area contributed by atoms with Gasteiger partial charge in [-0.1, -0.05) is 0 Å². The Morgan fingerprint density at radius 3 is 2.92 bits per heavy atom. The van der Waals surface area contributed by atoms with Gasteiger partial charge < -0.3 is 20.1 Å². The molecule has 128 valence electrons. The second-order valence-corrected chi connectivity index (χ2v) is 7.15. The number of hydrogen-bond donors (Lipinski definition) is 2. The summed E-state index contributed by atoms with van der Waals surface area (Å²) in [4.78, 5) is 18.5. The third kappa shape index (κ3) is 3.88. The van der Waals surface area contributed by atoms with Crippen LogP contribution >= 0.6 is 0 Å². The topological polar surface area (TPSA) is 74.7 Å². The van der Waals surface area contributed by atoms with E-state index in [1.54, 1.807) is 18.2 Å². The molecule has 0 spiro atoms. The number of ether oxygens (including phenoxy) is 1. The fraction of sp³-hybridized carbons (Fsp3) is 0.444. The molecule has 6 nitrogen and oxygen atoms in total. The summed E-state index contributed by atoms with van der Waals surface area (Å²) in [5.41, 5.74) is 1.34. The van der Waals surface area contributed by atoms with Crippen LogP contribution < -0.4 is 10.2 Å². The maximum Gasteiger partial charge on any atom is 0.407 e. The summed E-state index contributed by atoms with van der Waals surface area (Å²) in [6.45, 7) is 7.11. The Hall–Kier alpha value is -2.50. The molecule has 1 aromatic carbocycles. The molecule has 3 rings (SSSR count). The molecule has 2 heterocycles. The van der Waals surface area contributed by atoms with Gasteiger partial charge in [-0.25, -0.2) is 4.79 Å². The molecule has 1 aliphatic heterocycles. The van der Waals surface area contributed by atoms with Crippen LogP contribution in [0.15, 0.2) is 30.5 Å². The van der Waals surface area contributed by atoms with Crippen molar-refractivity contribution in [2.75, 3.05) is 18.0 Å². The van der Waals surface area contributed by atoms with Gasteiger partial charge in [-0.3, -0.25) is 4.98 Å². The Bertz CT molecular complexity index is 755. The monoisotopic (exact) mass is 329 g/mol. The first kappa shape index (κ1) is 16.4. The summed E-state index contributed by atoms with van der Waals surface area (Å²) in [6.07, 6.45) is 2.31. The highest BCUT2D eigenvalue weighted by Crippen LogP contribution is 2.25. The minimum absolute atomic E-state index is 0.0553. The number of hydrogen-bond acceptors (Lipinski definition) is 5. The van der Waals surface area contributed by atoms with Crippen molar-refractivity contribution in [1.82, 2.24) is 10.3 Å². The molecule has 6 heteroatoms. The first-order valence-corrected chi connectivity index (χ1v) is 8.13. The number of benzene rings is 1. The number of carbonyl (C=O) groups excluding carboxylic acids is 1. The van der Waals surface area contributed by atoms with E-state index >= 15 is 0 Å². The van der Waals surface area contributed by atoms with Crippen molar-refractivity contribution in [2.45, 2.75) is 38.8 Å². The Balaban J connectivity index is 1.66. The van der Waals surface area contributed by atoms with Crippen LogP contribution in [-0.4, -0.2) is 40.9 Å². The maximum absolute atomic E-state index is 11.9. The number of amides is 1. The lowest BCUT2D eigenvalue weighted by molar-refractivity contribution is 0.0509. The average molecular weight is 329 g/mol. The molecule has 0 radical (unpaired) electrons. The van der Waals surface area contributed by atoms with Gasteiger partial charge in [0.25, 0.3) is 0 Å². The van der Waals surface area contributed by atoms with E-state index in [4.69, 9.17) is 4.74 Å². The van der Waals surface area contributed by atoms with Gasteiger partial charge >= 0.3 is 6.09 Å². The SMILES string of the molecule is CC(C)(C)OC(=O)NC1CCN(c2cnc3ccc(O)cc3c2)C1. The quantitative estimate of drug-likeness (QED) is 0.886. The second kappa shape index (κ2) is 6.19. The van der Waals surface area contributed by atoms with Crippen LogP contribution in [-0.2, 0) is 4.74 Å². The molecule has 0 aliphatic carbocycles. The van der Waals surface area contributed by atoms with E-state index in [0.717, 1.165) is 29.6 Å². The van der Waals surface area contributed by atoms with Gasteiger partial charge in [0.2, 0.25) is 0 Å². The summed E-state index contributed by atoms with van der Waals surface area (Å²) >= 11 is 0. The maximum atomic E-state index is 11.9. The largest absolute Gasteiger partial charge is 0.508 e. The normalized spacial score (nSPS) is 18.0. The van der Waals surface area contributed by atoms with Crippen LogP contribution in [0.3, 0.4) is 0 Å². The summed E-state index contributed by atoms with van der Waals surface area (Å²) in [5, 5.41) is 13.4. The van der Waals surface area contributed by atoms with Gasteiger partial charge in [0.15, 0.2) is 0 Å². The van der Waals surface area contributed by atoms with Crippen LogP contribution in [0, 0.1) is 0 Å². The first-order valence-electron chi connectivity index (χ1n) is 8.13. The Morgan fingerprint density at radius 1 is 1.38 bits per heavy atom. The number of carbonyl (C=O) groups is 1. The predicted molar refractivity (Wildman–Crippen MR) is 93.4 cm³/mol. The third-order valence-corrected chi connectivity index (χ3v) is 3.92. The van der Waals surface area contributed by atoms with E-state index in [2.05, 4.69) is 15.2 Å². The number of rotatable bonds is 2. The molecule has 1 amide bonds. The summed E-state index contributed by atoms with van der Waals surface area (Å²) < 4.78 is 5.30. The fourth-order valence-corrected chi connectivity index (χ4v) is 2.87. The lowest BCUT2D eigenvalue weighted by Crippen LogP contribution is -2.40. The van der Waals surface area contributed by atoms with E-state index in [9.17, 15) is 9.90 Å². The van der Waals surface area contributed by atoms with Crippen molar-refractivity contribution in [2.24, 2.45) is 0 Å². The second-order valence-electron chi connectivity index (χ2n) is 7.15. The Labute approximate surface area is 141 Å². The van der Waals surface area contributed by atoms with E-state index in [1.807, 2.05) is 33.0 Å². The summed E-state index contributed by atoms with van der Waals surface area (Å²) in [6, 6.07) is 7.20. The fourth-order valence-electron chi connectivity index (χ4n) is 2.87. The highest BCUT2D eigenvalue weighted by molar-refractivity contribution is 5.83. The molecule has 1 atom stereocenters. The molecule has 0 bridgehead atoms. The van der Waals surface area contributed by atoms with Crippen LogP contribution in [0.5, 0.6) is 5.75 Å². The predicted octanol–water partition coefficient (Wildman–Crippen LogP) is 3.04. The van der Waals surface area contributed by atoms with Gasteiger partial charge in [0.05, 0.1) is 23.4 Å². The molecule has 1 unspecified atom stereocenters. The standard InChI is InChI=1S/C18H23N3O3/c1-18(2,3)24-17(23)20-13-6-7-21(11-13)14-8-12-9-15(22)4-5-16(12)19-10-14/h4-5,8-10,13,22H,6-7,11H2,1-3H3,(H,20,23). The van der Waals surface area contributed by atoms with Crippen molar-refractivity contribution in [1.29, 1.82) is 0 Å². The zero-order chi connectivity index (χ0) is 17.3. The zero-order valence-electron chi connectivity index (χ0n) is 14.2. The molecular formula is C18H23N3O3. The number of nitrogens with zero attached hydrogens (tertiary/aromatic N) is 2. The molecule has 2 aromatic rings. The summed E-state index contributed by atoms with van der Waals surface area (Å²) in [5.74, 6) is 0.229. The lowest BCUT2D eigenvalue weighted by Gasteiger charge is -2.22. The van der Waals surface area contributed by atoms with Crippen molar-refractivity contribution >= 4 is 22.7 Å². The number of fused-ring (bicyclic) bond motifs is 1. The third-order valence-electron chi connectivity index (χ3n) is 3.92. The number of nitrogens with one attached hydrogen (secondary N) is 1. The average Bonchev–Trinajstić information content (AvgIpc) is 2.92.